The normalized spacial score (nSPS) is 23.8. The molecule has 1 saturated heterocycles. The number of rotatable bonds is 2. The van der Waals surface area contributed by atoms with Crippen LogP contribution in [0.4, 0.5) is 23.2 Å². The molecule has 2 atom stereocenters. The predicted octanol–water partition coefficient (Wildman–Crippen LogP) is 3.60. The van der Waals surface area contributed by atoms with Crippen molar-refractivity contribution in [3.8, 4) is 0 Å². The Morgan fingerprint density at radius 3 is 2.24 bits per heavy atom. The summed E-state index contributed by atoms with van der Waals surface area (Å²) in [5.74, 6) is -5.35. The van der Waals surface area contributed by atoms with Crippen LogP contribution < -0.4 is 10.2 Å². The molecular formula is C15H20F4N2. The van der Waals surface area contributed by atoms with Gasteiger partial charge in [0.05, 0.1) is 0 Å². The first-order valence-corrected chi connectivity index (χ1v) is 7.28. The highest BCUT2D eigenvalue weighted by molar-refractivity contribution is 5.50. The Bertz CT molecular complexity index is 481. The van der Waals surface area contributed by atoms with Gasteiger partial charge in [-0.05, 0) is 26.2 Å². The number of anilines is 1. The average molecular weight is 304 g/mol. The summed E-state index contributed by atoms with van der Waals surface area (Å²) in [5.41, 5.74) is -0.587. The zero-order chi connectivity index (χ0) is 15.6. The number of halogens is 4. The Morgan fingerprint density at radius 2 is 1.67 bits per heavy atom. The van der Waals surface area contributed by atoms with Crippen molar-refractivity contribution in [1.29, 1.82) is 0 Å². The maximum absolute atomic E-state index is 13.9. The third-order valence-corrected chi connectivity index (χ3v) is 4.00. The molecule has 0 bridgehead atoms. The van der Waals surface area contributed by atoms with Gasteiger partial charge in [0.1, 0.15) is 5.69 Å². The molecule has 1 aliphatic heterocycles. The van der Waals surface area contributed by atoms with Crippen LogP contribution in [0.25, 0.3) is 0 Å². The highest BCUT2D eigenvalue weighted by Crippen LogP contribution is 2.29. The Hall–Kier alpha value is -1.30. The molecule has 1 N–H and O–H groups in total. The minimum atomic E-state index is -1.36. The van der Waals surface area contributed by atoms with Crippen LogP contribution in [0.1, 0.15) is 33.1 Å². The van der Waals surface area contributed by atoms with Crippen molar-refractivity contribution < 1.29 is 17.6 Å². The topological polar surface area (TPSA) is 15.3 Å². The van der Waals surface area contributed by atoms with E-state index in [1.165, 1.54) is 4.90 Å². The Balaban J connectivity index is 2.32. The maximum Gasteiger partial charge on any atom is 0.185 e. The Kier molecular flexibility index (Phi) is 5.08. The molecule has 0 amide bonds. The van der Waals surface area contributed by atoms with Gasteiger partial charge in [-0.15, -0.1) is 0 Å². The van der Waals surface area contributed by atoms with E-state index in [4.69, 9.17) is 0 Å². The van der Waals surface area contributed by atoms with Crippen LogP contribution in [0.5, 0.6) is 0 Å². The fourth-order valence-electron chi connectivity index (χ4n) is 2.73. The second-order valence-corrected chi connectivity index (χ2v) is 5.55. The fourth-order valence-corrected chi connectivity index (χ4v) is 2.73. The number of nitrogens with one attached hydrogen (secondary N) is 1. The van der Waals surface area contributed by atoms with Gasteiger partial charge < -0.3 is 10.2 Å². The first-order valence-electron chi connectivity index (χ1n) is 7.28. The molecule has 1 aromatic carbocycles. The molecule has 1 aliphatic rings. The van der Waals surface area contributed by atoms with E-state index in [-0.39, 0.29) is 18.2 Å². The minimum absolute atomic E-state index is 0.183. The van der Waals surface area contributed by atoms with Gasteiger partial charge in [0.15, 0.2) is 23.3 Å². The van der Waals surface area contributed by atoms with E-state index in [1.54, 1.807) is 0 Å². The van der Waals surface area contributed by atoms with Crippen molar-refractivity contribution >= 4 is 5.69 Å². The van der Waals surface area contributed by atoms with Gasteiger partial charge >= 0.3 is 0 Å². The Labute approximate surface area is 122 Å². The third kappa shape index (κ3) is 3.48. The summed E-state index contributed by atoms with van der Waals surface area (Å²) < 4.78 is 54.5. The number of nitrogens with zero attached hydrogens (tertiary/aromatic N) is 1. The van der Waals surface area contributed by atoms with Crippen LogP contribution >= 0.6 is 0 Å². The molecule has 2 unspecified atom stereocenters. The third-order valence-electron chi connectivity index (χ3n) is 4.00. The summed E-state index contributed by atoms with van der Waals surface area (Å²) in [6, 6.07) is 0.659. The van der Waals surface area contributed by atoms with Crippen molar-refractivity contribution in [1.82, 2.24) is 5.32 Å². The lowest BCUT2D eigenvalue weighted by atomic mass is 10.0. The zero-order valence-electron chi connectivity index (χ0n) is 12.2. The molecule has 0 radical (unpaired) electrons. The van der Waals surface area contributed by atoms with Crippen molar-refractivity contribution in [2.45, 2.75) is 45.2 Å². The van der Waals surface area contributed by atoms with Gasteiger partial charge in [-0.3, -0.25) is 0 Å². The molecule has 1 heterocycles. The molecule has 0 spiro atoms. The summed E-state index contributed by atoms with van der Waals surface area (Å²) in [5, 5.41) is 3.43. The van der Waals surface area contributed by atoms with Crippen LogP contribution in [0.15, 0.2) is 6.07 Å². The van der Waals surface area contributed by atoms with Gasteiger partial charge in [-0.25, -0.2) is 17.6 Å². The summed E-state index contributed by atoms with van der Waals surface area (Å²) in [7, 11) is 0. The number of hydrogen-bond donors (Lipinski definition) is 1. The van der Waals surface area contributed by atoms with E-state index in [1.807, 2.05) is 13.8 Å². The van der Waals surface area contributed by atoms with Crippen LogP contribution in [-0.4, -0.2) is 25.2 Å². The number of benzene rings is 1. The molecule has 2 rings (SSSR count). The monoisotopic (exact) mass is 304 g/mol. The van der Waals surface area contributed by atoms with Crippen molar-refractivity contribution in [3.05, 3.63) is 29.3 Å². The lowest BCUT2D eigenvalue weighted by Gasteiger charge is -2.33. The molecule has 1 fully saturated rings. The van der Waals surface area contributed by atoms with Gasteiger partial charge in [0, 0.05) is 31.2 Å². The van der Waals surface area contributed by atoms with Gasteiger partial charge in [-0.1, -0.05) is 6.92 Å². The molecular weight excluding hydrogens is 284 g/mol. The lowest BCUT2D eigenvalue weighted by molar-refractivity contribution is 0.373. The average Bonchev–Trinajstić information content (AvgIpc) is 2.43. The highest BCUT2D eigenvalue weighted by atomic mass is 19.2. The maximum atomic E-state index is 13.9. The molecule has 0 aliphatic carbocycles. The number of hydrogen-bond acceptors (Lipinski definition) is 2. The van der Waals surface area contributed by atoms with Crippen molar-refractivity contribution in [3.63, 3.8) is 0 Å². The van der Waals surface area contributed by atoms with E-state index in [0.717, 1.165) is 6.42 Å². The fraction of sp³-hybridized carbons (Fsp3) is 0.600. The molecule has 1 aromatic rings. The van der Waals surface area contributed by atoms with Crippen molar-refractivity contribution in [2.75, 3.05) is 18.0 Å². The van der Waals surface area contributed by atoms with E-state index in [9.17, 15) is 17.6 Å². The molecule has 2 nitrogen and oxygen atoms in total. The zero-order valence-corrected chi connectivity index (χ0v) is 12.2. The minimum Gasteiger partial charge on any atom is -0.366 e. The van der Waals surface area contributed by atoms with Gasteiger partial charge in [0.2, 0.25) is 0 Å². The molecule has 21 heavy (non-hydrogen) atoms. The highest BCUT2D eigenvalue weighted by Gasteiger charge is 2.26. The Morgan fingerprint density at radius 1 is 1.10 bits per heavy atom. The molecule has 118 valence electrons. The first-order chi connectivity index (χ1) is 9.93. The SMILES string of the molecule is CCC1CCN(c2c(F)c(F)cc(F)c2F)CCC(C)N1. The first kappa shape index (κ1) is 16.1. The van der Waals surface area contributed by atoms with Gasteiger partial charge in [0.25, 0.3) is 0 Å². The van der Waals surface area contributed by atoms with Crippen molar-refractivity contribution in [2.24, 2.45) is 0 Å². The van der Waals surface area contributed by atoms with Crippen LogP contribution in [0.2, 0.25) is 0 Å². The van der Waals surface area contributed by atoms with E-state index in [0.29, 0.717) is 25.9 Å². The summed E-state index contributed by atoms with van der Waals surface area (Å²) in [6.07, 6.45) is 2.20. The summed E-state index contributed by atoms with van der Waals surface area (Å²) in [6.45, 7) is 4.72. The van der Waals surface area contributed by atoms with E-state index >= 15 is 0 Å². The van der Waals surface area contributed by atoms with Crippen LogP contribution in [0, 0.1) is 23.3 Å². The lowest BCUT2D eigenvalue weighted by Crippen LogP contribution is -2.44. The van der Waals surface area contributed by atoms with E-state index < -0.39 is 29.0 Å². The molecule has 6 heteroatoms. The molecule has 0 saturated carbocycles. The predicted molar refractivity (Wildman–Crippen MR) is 74.4 cm³/mol. The van der Waals surface area contributed by atoms with Gasteiger partial charge in [-0.2, -0.15) is 0 Å². The molecule has 0 aromatic heterocycles. The van der Waals surface area contributed by atoms with Crippen LogP contribution in [0.3, 0.4) is 0 Å². The standard InChI is InChI=1S/C15H20F4N2/c1-3-10-5-7-21(6-4-9(2)20-10)15-13(18)11(16)8-12(17)14(15)19/h8-10,20H,3-7H2,1-2H3. The smallest absolute Gasteiger partial charge is 0.185 e. The van der Waals surface area contributed by atoms with Crippen LogP contribution in [-0.2, 0) is 0 Å². The largest absolute Gasteiger partial charge is 0.366 e. The second-order valence-electron chi connectivity index (χ2n) is 5.55. The summed E-state index contributed by atoms with van der Waals surface area (Å²) >= 11 is 0. The summed E-state index contributed by atoms with van der Waals surface area (Å²) in [4.78, 5) is 1.41. The second kappa shape index (κ2) is 6.64. The quantitative estimate of drug-likeness (QED) is 0.663. The van der Waals surface area contributed by atoms with E-state index in [2.05, 4.69) is 5.32 Å².